The molecule has 0 radical (unpaired) electrons. The van der Waals surface area contributed by atoms with Crippen LogP contribution >= 0.6 is 0 Å². The lowest BCUT2D eigenvalue weighted by Crippen LogP contribution is -2.40. The Morgan fingerprint density at radius 2 is 1.40 bits per heavy atom. The molecular formula is C17H17F3N2O6S2. The van der Waals surface area contributed by atoms with Crippen molar-refractivity contribution in [1.29, 1.82) is 0 Å². The van der Waals surface area contributed by atoms with Crippen molar-refractivity contribution in [3.63, 3.8) is 0 Å². The second-order valence-corrected chi connectivity index (χ2v) is 9.79. The van der Waals surface area contributed by atoms with Crippen LogP contribution in [0.4, 0.5) is 18.9 Å². The van der Waals surface area contributed by atoms with E-state index in [9.17, 15) is 30.0 Å². The van der Waals surface area contributed by atoms with Crippen LogP contribution in [0.2, 0.25) is 0 Å². The molecule has 1 aliphatic rings. The van der Waals surface area contributed by atoms with Crippen molar-refractivity contribution in [1.82, 2.24) is 4.31 Å². The molecule has 0 spiro atoms. The van der Waals surface area contributed by atoms with Gasteiger partial charge in [0.2, 0.25) is 10.0 Å². The minimum Gasteiger partial charge on any atom is -0.406 e. The number of sulfonamides is 2. The molecule has 1 N–H and O–H groups in total. The topological polar surface area (TPSA) is 102 Å². The van der Waals surface area contributed by atoms with E-state index in [1.165, 1.54) is 28.6 Å². The van der Waals surface area contributed by atoms with E-state index in [0.717, 1.165) is 24.3 Å². The van der Waals surface area contributed by atoms with Gasteiger partial charge >= 0.3 is 6.36 Å². The first kappa shape index (κ1) is 22.3. The van der Waals surface area contributed by atoms with Gasteiger partial charge in [-0.2, -0.15) is 4.31 Å². The molecule has 0 aliphatic carbocycles. The fourth-order valence-corrected chi connectivity index (χ4v) is 5.13. The van der Waals surface area contributed by atoms with Crippen LogP contribution in [0.1, 0.15) is 0 Å². The summed E-state index contributed by atoms with van der Waals surface area (Å²) in [5, 5.41) is 0. The third-order valence-corrected chi connectivity index (χ3v) is 7.39. The number of hydrogen-bond donors (Lipinski definition) is 1. The average Bonchev–Trinajstić information content (AvgIpc) is 2.68. The first-order valence-electron chi connectivity index (χ1n) is 8.54. The van der Waals surface area contributed by atoms with E-state index in [0.29, 0.717) is 13.2 Å². The molecule has 30 heavy (non-hydrogen) atoms. The zero-order valence-electron chi connectivity index (χ0n) is 15.3. The van der Waals surface area contributed by atoms with Crippen molar-refractivity contribution < 1.29 is 39.5 Å². The van der Waals surface area contributed by atoms with Crippen molar-refractivity contribution in [2.75, 3.05) is 31.0 Å². The van der Waals surface area contributed by atoms with Gasteiger partial charge in [-0.3, -0.25) is 4.72 Å². The number of benzene rings is 2. The highest BCUT2D eigenvalue weighted by molar-refractivity contribution is 7.92. The minimum atomic E-state index is -4.89. The van der Waals surface area contributed by atoms with Gasteiger partial charge < -0.3 is 9.47 Å². The summed E-state index contributed by atoms with van der Waals surface area (Å²) >= 11 is 0. The first-order valence-corrected chi connectivity index (χ1v) is 11.5. The van der Waals surface area contributed by atoms with E-state index >= 15 is 0 Å². The van der Waals surface area contributed by atoms with Crippen molar-refractivity contribution >= 4 is 25.7 Å². The number of halogens is 3. The van der Waals surface area contributed by atoms with Gasteiger partial charge in [0.05, 0.1) is 23.0 Å². The highest BCUT2D eigenvalue weighted by Crippen LogP contribution is 2.25. The Morgan fingerprint density at radius 3 is 1.93 bits per heavy atom. The number of hydrogen-bond acceptors (Lipinski definition) is 6. The van der Waals surface area contributed by atoms with Gasteiger partial charge in [0, 0.05) is 18.8 Å². The van der Waals surface area contributed by atoms with Gasteiger partial charge in [-0.05, 0) is 48.5 Å². The highest BCUT2D eigenvalue weighted by Gasteiger charge is 2.31. The number of nitrogens with zero attached hydrogens (tertiary/aromatic N) is 1. The van der Waals surface area contributed by atoms with E-state index < -0.39 is 32.2 Å². The van der Waals surface area contributed by atoms with Gasteiger partial charge in [0.15, 0.2) is 0 Å². The molecule has 1 fully saturated rings. The Kier molecular flexibility index (Phi) is 6.26. The highest BCUT2D eigenvalue weighted by atomic mass is 32.2. The molecule has 0 unspecified atom stereocenters. The van der Waals surface area contributed by atoms with E-state index in [2.05, 4.69) is 9.46 Å². The Labute approximate surface area is 171 Å². The SMILES string of the molecule is O=S(=O)(Nc1ccc(S(=O)(=O)N2CCOCC2)cc1)c1ccc(OC(F)(F)F)cc1. The van der Waals surface area contributed by atoms with Gasteiger partial charge in [-0.1, -0.05) is 0 Å². The quantitative estimate of drug-likeness (QED) is 0.702. The zero-order valence-corrected chi connectivity index (χ0v) is 16.9. The molecule has 164 valence electrons. The maximum Gasteiger partial charge on any atom is 0.573 e. The summed E-state index contributed by atoms with van der Waals surface area (Å²) in [5.74, 6) is -0.556. The molecule has 0 amide bonds. The summed E-state index contributed by atoms with van der Waals surface area (Å²) in [5.41, 5.74) is 0.0894. The molecule has 1 saturated heterocycles. The van der Waals surface area contributed by atoms with Crippen LogP contribution in [0.25, 0.3) is 0 Å². The lowest BCUT2D eigenvalue weighted by molar-refractivity contribution is -0.274. The average molecular weight is 466 g/mol. The van der Waals surface area contributed by atoms with E-state index in [1.807, 2.05) is 0 Å². The molecule has 0 saturated carbocycles. The molecule has 3 rings (SSSR count). The van der Waals surface area contributed by atoms with Crippen LogP contribution < -0.4 is 9.46 Å². The molecule has 8 nitrogen and oxygen atoms in total. The maximum absolute atomic E-state index is 12.6. The Morgan fingerprint density at radius 1 is 0.867 bits per heavy atom. The molecule has 13 heteroatoms. The summed E-state index contributed by atoms with van der Waals surface area (Å²) in [6, 6.07) is 8.77. The van der Waals surface area contributed by atoms with Crippen molar-refractivity contribution in [3.8, 4) is 5.75 Å². The maximum atomic E-state index is 12.6. The Bertz CT molecular complexity index is 1080. The molecule has 0 bridgehead atoms. The van der Waals surface area contributed by atoms with Crippen LogP contribution in [0, 0.1) is 0 Å². The molecule has 0 aromatic heterocycles. The van der Waals surface area contributed by atoms with E-state index in [-0.39, 0.29) is 28.6 Å². The molecule has 0 atom stereocenters. The van der Waals surface area contributed by atoms with Crippen LogP contribution in [-0.2, 0) is 24.8 Å². The number of morpholine rings is 1. The van der Waals surface area contributed by atoms with Crippen molar-refractivity contribution in [2.24, 2.45) is 0 Å². The van der Waals surface area contributed by atoms with Crippen molar-refractivity contribution in [2.45, 2.75) is 16.2 Å². The summed E-state index contributed by atoms with van der Waals surface area (Å²) in [4.78, 5) is -0.289. The summed E-state index contributed by atoms with van der Waals surface area (Å²) in [7, 11) is -7.83. The molecule has 2 aromatic carbocycles. The number of anilines is 1. The Balaban J connectivity index is 1.72. The van der Waals surface area contributed by atoms with Crippen molar-refractivity contribution in [3.05, 3.63) is 48.5 Å². The third kappa shape index (κ3) is 5.41. The minimum absolute atomic E-state index is 0.000926. The van der Waals surface area contributed by atoms with Crippen LogP contribution in [0.5, 0.6) is 5.75 Å². The molecule has 2 aromatic rings. The first-order chi connectivity index (χ1) is 14.0. The zero-order chi connectivity index (χ0) is 22.0. The smallest absolute Gasteiger partial charge is 0.406 e. The number of nitrogens with one attached hydrogen (secondary N) is 1. The normalized spacial score (nSPS) is 16.2. The van der Waals surface area contributed by atoms with E-state index in [1.54, 1.807) is 0 Å². The molecule has 1 heterocycles. The lowest BCUT2D eigenvalue weighted by atomic mass is 10.3. The predicted octanol–water partition coefficient (Wildman–Crippen LogP) is 2.41. The monoisotopic (exact) mass is 466 g/mol. The second kappa shape index (κ2) is 8.41. The predicted molar refractivity (Wildman–Crippen MR) is 100.0 cm³/mol. The number of alkyl halides is 3. The number of rotatable bonds is 6. The van der Waals surface area contributed by atoms with Crippen LogP contribution in [0.15, 0.2) is 58.3 Å². The lowest BCUT2D eigenvalue weighted by Gasteiger charge is -2.26. The Hall–Kier alpha value is -2.35. The van der Waals surface area contributed by atoms with Crippen LogP contribution in [-0.4, -0.2) is 53.8 Å². The number of ether oxygens (including phenoxy) is 2. The molecular weight excluding hydrogens is 449 g/mol. The van der Waals surface area contributed by atoms with Crippen LogP contribution in [0.3, 0.4) is 0 Å². The second-order valence-electron chi connectivity index (χ2n) is 6.17. The summed E-state index contributed by atoms with van der Waals surface area (Å²) in [6.45, 7) is 1.04. The summed E-state index contributed by atoms with van der Waals surface area (Å²) < 4.78 is 98.9. The van der Waals surface area contributed by atoms with Gasteiger partial charge in [0.25, 0.3) is 10.0 Å². The largest absolute Gasteiger partial charge is 0.573 e. The fourth-order valence-electron chi connectivity index (χ4n) is 2.67. The standard InChI is InChI=1S/C17H17F3N2O6S2/c18-17(19,20)28-14-3-7-15(8-4-14)29(23,24)21-13-1-5-16(6-2-13)30(25,26)22-9-11-27-12-10-22/h1-8,21H,9-12H2. The molecule has 1 aliphatic heterocycles. The van der Waals surface area contributed by atoms with Gasteiger partial charge in [-0.25, -0.2) is 16.8 Å². The summed E-state index contributed by atoms with van der Waals surface area (Å²) in [6.07, 6.45) is -4.89. The van der Waals surface area contributed by atoms with Gasteiger partial charge in [-0.15, -0.1) is 13.2 Å². The third-order valence-electron chi connectivity index (χ3n) is 4.08. The van der Waals surface area contributed by atoms with Gasteiger partial charge in [0.1, 0.15) is 5.75 Å². The fraction of sp³-hybridized carbons (Fsp3) is 0.294. The van der Waals surface area contributed by atoms with E-state index in [4.69, 9.17) is 4.74 Å².